The zero-order valence-electron chi connectivity index (χ0n) is 18.3. The Labute approximate surface area is 187 Å². The van der Waals surface area contributed by atoms with E-state index in [0.29, 0.717) is 30.5 Å². The van der Waals surface area contributed by atoms with Gasteiger partial charge in [-0.05, 0) is 68.1 Å². The van der Waals surface area contributed by atoms with Crippen molar-refractivity contribution in [2.45, 2.75) is 51.1 Å². The van der Waals surface area contributed by atoms with Crippen molar-refractivity contribution < 1.29 is 14.3 Å². The third-order valence-corrected chi connectivity index (χ3v) is 5.86. The standard InChI is InChI=1S/C25H30N4O3/c1-2-32-25(31)23-15-17-14-20(11-12-22(17)29-23)28-24(30)21(26)13-16-7-9-19(10-8-16)27-18-5-3-4-6-18/h7-12,14-15,18,21,27,29H,2-6,13,26H2,1H3,(H,28,30). The molecule has 1 fully saturated rings. The zero-order valence-corrected chi connectivity index (χ0v) is 18.3. The molecule has 1 aliphatic carbocycles. The molecule has 1 saturated carbocycles. The summed E-state index contributed by atoms with van der Waals surface area (Å²) in [6.45, 7) is 2.08. The number of ether oxygens (including phenoxy) is 1. The van der Waals surface area contributed by atoms with Crippen molar-refractivity contribution in [1.29, 1.82) is 0 Å². The van der Waals surface area contributed by atoms with E-state index < -0.39 is 12.0 Å². The monoisotopic (exact) mass is 434 g/mol. The number of benzene rings is 2. The third kappa shape index (κ3) is 5.29. The predicted octanol–water partition coefficient (Wildman–Crippen LogP) is 4.21. The molecule has 168 valence electrons. The molecule has 1 unspecified atom stereocenters. The predicted molar refractivity (Wildman–Crippen MR) is 127 cm³/mol. The highest BCUT2D eigenvalue weighted by Crippen LogP contribution is 2.23. The quantitative estimate of drug-likeness (QED) is 0.397. The smallest absolute Gasteiger partial charge is 0.354 e. The van der Waals surface area contributed by atoms with E-state index >= 15 is 0 Å². The number of hydrogen-bond donors (Lipinski definition) is 4. The van der Waals surface area contributed by atoms with E-state index in [1.807, 2.05) is 24.3 Å². The number of hydrogen-bond acceptors (Lipinski definition) is 5. The first-order chi connectivity index (χ1) is 15.5. The fraction of sp³-hybridized carbons (Fsp3) is 0.360. The van der Waals surface area contributed by atoms with Crippen LogP contribution in [0.2, 0.25) is 0 Å². The lowest BCUT2D eigenvalue weighted by Gasteiger charge is -2.15. The molecular weight excluding hydrogens is 404 g/mol. The number of carbonyl (C=O) groups excluding carboxylic acids is 2. The number of nitrogens with one attached hydrogen (secondary N) is 3. The first kappa shape index (κ1) is 21.9. The number of rotatable bonds is 8. The Morgan fingerprint density at radius 2 is 1.81 bits per heavy atom. The molecule has 7 heteroatoms. The minimum absolute atomic E-state index is 0.251. The van der Waals surface area contributed by atoms with Crippen LogP contribution in [0.15, 0.2) is 48.5 Å². The minimum Gasteiger partial charge on any atom is -0.461 e. The molecule has 1 aromatic heterocycles. The fourth-order valence-electron chi connectivity index (χ4n) is 4.15. The van der Waals surface area contributed by atoms with Crippen LogP contribution in [0.5, 0.6) is 0 Å². The van der Waals surface area contributed by atoms with Crippen molar-refractivity contribution >= 4 is 34.2 Å². The molecule has 1 aliphatic rings. The summed E-state index contributed by atoms with van der Waals surface area (Å²) < 4.78 is 5.02. The highest BCUT2D eigenvalue weighted by molar-refractivity contribution is 5.99. The van der Waals surface area contributed by atoms with Crippen LogP contribution in [0.3, 0.4) is 0 Å². The van der Waals surface area contributed by atoms with Gasteiger partial charge in [-0.1, -0.05) is 25.0 Å². The minimum atomic E-state index is -0.666. The summed E-state index contributed by atoms with van der Waals surface area (Å²) in [5.41, 5.74) is 10.1. The number of nitrogens with two attached hydrogens (primary N) is 1. The van der Waals surface area contributed by atoms with Gasteiger partial charge in [0.05, 0.1) is 12.6 Å². The third-order valence-electron chi connectivity index (χ3n) is 5.86. The number of aromatic amines is 1. The van der Waals surface area contributed by atoms with E-state index in [4.69, 9.17) is 10.5 Å². The molecule has 1 heterocycles. The SMILES string of the molecule is CCOC(=O)c1cc2cc(NC(=O)C(N)Cc3ccc(NC4CCCC4)cc3)ccc2[nH]1. The maximum absolute atomic E-state index is 12.6. The molecule has 3 aromatic rings. The highest BCUT2D eigenvalue weighted by Gasteiger charge is 2.17. The molecule has 7 nitrogen and oxygen atoms in total. The molecule has 4 rings (SSSR count). The number of esters is 1. The van der Waals surface area contributed by atoms with Crippen molar-refractivity contribution in [2.75, 3.05) is 17.2 Å². The zero-order chi connectivity index (χ0) is 22.5. The summed E-state index contributed by atoms with van der Waals surface area (Å²) in [6.07, 6.45) is 5.50. The first-order valence-electron chi connectivity index (χ1n) is 11.2. The number of carbonyl (C=O) groups is 2. The lowest BCUT2D eigenvalue weighted by molar-refractivity contribution is -0.117. The lowest BCUT2D eigenvalue weighted by Crippen LogP contribution is -2.37. The number of aromatic nitrogens is 1. The Kier molecular flexibility index (Phi) is 6.75. The number of H-pyrrole nitrogens is 1. The van der Waals surface area contributed by atoms with Crippen molar-refractivity contribution in [3.63, 3.8) is 0 Å². The van der Waals surface area contributed by atoms with Crippen LogP contribution in [0, 0.1) is 0 Å². The molecule has 0 spiro atoms. The summed E-state index contributed by atoms with van der Waals surface area (Å²) in [5.74, 6) is -0.653. The summed E-state index contributed by atoms with van der Waals surface area (Å²) in [4.78, 5) is 27.5. The van der Waals surface area contributed by atoms with Crippen LogP contribution >= 0.6 is 0 Å². The van der Waals surface area contributed by atoms with E-state index in [-0.39, 0.29) is 5.91 Å². The first-order valence-corrected chi connectivity index (χ1v) is 11.2. The van der Waals surface area contributed by atoms with Gasteiger partial charge in [-0.25, -0.2) is 4.79 Å². The second-order valence-electron chi connectivity index (χ2n) is 8.33. The molecule has 0 saturated heterocycles. The van der Waals surface area contributed by atoms with E-state index in [2.05, 4.69) is 27.8 Å². The molecule has 0 radical (unpaired) electrons. The maximum Gasteiger partial charge on any atom is 0.354 e. The van der Waals surface area contributed by atoms with Gasteiger partial charge in [-0.3, -0.25) is 4.79 Å². The number of anilines is 2. The van der Waals surface area contributed by atoms with E-state index in [1.165, 1.54) is 25.7 Å². The van der Waals surface area contributed by atoms with Gasteiger partial charge in [0.2, 0.25) is 5.91 Å². The van der Waals surface area contributed by atoms with Gasteiger partial charge in [0.1, 0.15) is 5.69 Å². The lowest BCUT2D eigenvalue weighted by atomic mass is 10.1. The molecule has 1 amide bonds. The summed E-state index contributed by atoms with van der Waals surface area (Å²) in [6, 6.07) is 15.2. The molecule has 32 heavy (non-hydrogen) atoms. The average molecular weight is 435 g/mol. The van der Waals surface area contributed by atoms with Crippen LogP contribution in [0.25, 0.3) is 10.9 Å². The Morgan fingerprint density at radius 3 is 2.53 bits per heavy atom. The van der Waals surface area contributed by atoms with E-state index in [9.17, 15) is 9.59 Å². The van der Waals surface area contributed by atoms with Crippen LogP contribution < -0.4 is 16.4 Å². The van der Waals surface area contributed by atoms with Gasteiger partial charge in [-0.15, -0.1) is 0 Å². The van der Waals surface area contributed by atoms with Crippen molar-refractivity contribution in [1.82, 2.24) is 4.98 Å². The molecular formula is C25H30N4O3. The highest BCUT2D eigenvalue weighted by atomic mass is 16.5. The summed E-state index contributed by atoms with van der Waals surface area (Å²) >= 11 is 0. The molecule has 2 aromatic carbocycles. The fourth-order valence-corrected chi connectivity index (χ4v) is 4.15. The van der Waals surface area contributed by atoms with Crippen molar-refractivity contribution in [3.05, 3.63) is 59.8 Å². The van der Waals surface area contributed by atoms with Crippen LogP contribution in [-0.2, 0) is 16.0 Å². The van der Waals surface area contributed by atoms with Crippen LogP contribution in [0.1, 0.15) is 48.7 Å². The van der Waals surface area contributed by atoms with Gasteiger partial charge in [-0.2, -0.15) is 0 Å². The molecule has 0 bridgehead atoms. The van der Waals surface area contributed by atoms with E-state index in [1.54, 1.807) is 19.1 Å². The average Bonchev–Trinajstić information content (AvgIpc) is 3.44. The number of amides is 1. The molecule has 5 N–H and O–H groups in total. The van der Waals surface area contributed by atoms with Gasteiger partial charge in [0.25, 0.3) is 0 Å². The van der Waals surface area contributed by atoms with Crippen LogP contribution in [-0.4, -0.2) is 35.6 Å². The second-order valence-corrected chi connectivity index (χ2v) is 8.33. The van der Waals surface area contributed by atoms with Gasteiger partial charge in [0, 0.05) is 28.3 Å². The second kappa shape index (κ2) is 9.87. The number of fused-ring (bicyclic) bond motifs is 1. The Hall–Kier alpha value is -3.32. The summed E-state index contributed by atoms with van der Waals surface area (Å²) in [7, 11) is 0. The van der Waals surface area contributed by atoms with Crippen molar-refractivity contribution in [2.24, 2.45) is 5.73 Å². The molecule has 0 aliphatic heterocycles. The van der Waals surface area contributed by atoms with Gasteiger partial charge in [0.15, 0.2) is 0 Å². The van der Waals surface area contributed by atoms with Gasteiger partial charge < -0.3 is 26.1 Å². The Bertz CT molecular complexity index is 1080. The molecule has 1 atom stereocenters. The largest absolute Gasteiger partial charge is 0.461 e. The van der Waals surface area contributed by atoms with Crippen LogP contribution in [0.4, 0.5) is 11.4 Å². The van der Waals surface area contributed by atoms with E-state index in [0.717, 1.165) is 22.2 Å². The van der Waals surface area contributed by atoms with Crippen molar-refractivity contribution in [3.8, 4) is 0 Å². The van der Waals surface area contributed by atoms with Gasteiger partial charge >= 0.3 is 5.97 Å². The normalized spacial score (nSPS) is 14.9. The Balaban J connectivity index is 1.34. The Morgan fingerprint density at radius 1 is 1.09 bits per heavy atom. The summed E-state index contributed by atoms with van der Waals surface area (Å²) in [5, 5.41) is 7.25. The topological polar surface area (TPSA) is 109 Å². The maximum atomic E-state index is 12.6.